The molecule has 0 unspecified atom stereocenters. The summed E-state index contributed by atoms with van der Waals surface area (Å²) >= 11 is 6.83. The number of hydrogen-bond acceptors (Lipinski definition) is 6. The minimum atomic E-state index is -3.82. The Morgan fingerprint density at radius 2 is 1.96 bits per heavy atom. The van der Waals surface area contributed by atoms with Crippen molar-refractivity contribution in [1.82, 2.24) is 10.6 Å². The van der Waals surface area contributed by atoms with Crippen LogP contribution in [0.1, 0.15) is 15.9 Å². The van der Waals surface area contributed by atoms with Crippen molar-refractivity contribution in [1.29, 1.82) is 0 Å². The van der Waals surface area contributed by atoms with E-state index < -0.39 is 20.9 Å². The Labute approximate surface area is 173 Å². The smallest absolute Gasteiger partial charge is 0.283 e. The van der Waals surface area contributed by atoms with Gasteiger partial charge in [0.05, 0.1) is 13.4 Å². The van der Waals surface area contributed by atoms with Gasteiger partial charge in [0.2, 0.25) is 10.0 Å². The van der Waals surface area contributed by atoms with Crippen molar-refractivity contribution in [2.75, 3.05) is 0 Å². The number of nitrogens with one attached hydrogen (secondary N) is 2. The van der Waals surface area contributed by atoms with Gasteiger partial charge in [0.1, 0.15) is 0 Å². The van der Waals surface area contributed by atoms with Crippen LogP contribution in [0.3, 0.4) is 0 Å². The molecule has 0 aromatic heterocycles. The van der Waals surface area contributed by atoms with Gasteiger partial charge in [-0.3, -0.25) is 20.2 Å². The predicted molar refractivity (Wildman–Crippen MR) is 111 cm³/mol. The van der Waals surface area contributed by atoms with Crippen molar-refractivity contribution in [3.8, 4) is 0 Å². The second kappa shape index (κ2) is 8.69. The third-order valence-corrected chi connectivity index (χ3v) is 5.38. The molecule has 4 N–H and O–H groups in total. The van der Waals surface area contributed by atoms with E-state index in [2.05, 4.69) is 10.6 Å². The van der Waals surface area contributed by atoms with E-state index in [4.69, 9.17) is 17.4 Å². The summed E-state index contributed by atoms with van der Waals surface area (Å²) in [5.41, 5.74) is 0.493. The summed E-state index contributed by atoms with van der Waals surface area (Å²) in [5, 5.41) is 21.2. The van der Waals surface area contributed by atoms with Crippen LogP contribution >= 0.6 is 34.8 Å². The maximum Gasteiger partial charge on any atom is 0.283 e. The largest absolute Gasteiger partial charge is 0.358 e. The van der Waals surface area contributed by atoms with Crippen molar-refractivity contribution in [3.05, 3.63) is 67.3 Å². The molecule has 2 rings (SSSR count). The number of rotatable bonds is 5. The SMILES string of the molecule is NS(=O)(=O)c1cccc(CNC(=S)NC(=O)c2ccc(I)c([N+](=O)[O-])c2)c1. The number of thiocarbonyl (C=S) groups is 1. The predicted octanol–water partition coefficient (Wildman–Crippen LogP) is 1.65. The molecular weight excluding hydrogens is 507 g/mol. The molecule has 0 bridgehead atoms. The Morgan fingerprint density at radius 1 is 1.26 bits per heavy atom. The molecular formula is C15H13IN4O5S2. The van der Waals surface area contributed by atoms with Crippen LogP contribution in [-0.4, -0.2) is 24.4 Å². The number of halogens is 1. The number of sulfonamides is 1. The highest BCUT2D eigenvalue weighted by Gasteiger charge is 2.16. The first kappa shape index (κ1) is 21.1. The summed E-state index contributed by atoms with van der Waals surface area (Å²) in [5.74, 6) is -0.606. The summed E-state index contributed by atoms with van der Waals surface area (Å²) in [4.78, 5) is 22.5. The lowest BCUT2D eigenvalue weighted by molar-refractivity contribution is -0.385. The molecule has 142 valence electrons. The van der Waals surface area contributed by atoms with Gasteiger partial charge in [-0.1, -0.05) is 12.1 Å². The highest BCUT2D eigenvalue weighted by molar-refractivity contribution is 14.1. The van der Waals surface area contributed by atoms with E-state index in [9.17, 15) is 23.3 Å². The Bertz CT molecular complexity index is 1030. The number of nitrogens with two attached hydrogens (primary N) is 1. The number of nitrogens with zero attached hydrogens (tertiary/aromatic N) is 1. The van der Waals surface area contributed by atoms with Crippen molar-refractivity contribution < 1.29 is 18.1 Å². The maximum atomic E-state index is 12.2. The summed E-state index contributed by atoms with van der Waals surface area (Å²) in [7, 11) is -3.82. The number of nitro benzene ring substituents is 1. The molecule has 0 atom stereocenters. The number of carbonyl (C=O) groups excluding carboxylic acids is 1. The fourth-order valence-corrected chi connectivity index (χ4v) is 3.31. The fraction of sp³-hybridized carbons (Fsp3) is 0.0667. The third kappa shape index (κ3) is 5.92. The molecule has 9 nitrogen and oxygen atoms in total. The van der Waals surface area contributed by atoms with E-state index in [-0.39, 0.29) is 27.8 Å². The van der Waals surface area contributed by atoms with Gasteiger partial charge in [0, 0.05) is 18.2 Å². The topological polar surface area (TPSA) is 144 Å². The van der Waals surface area contributed by atoms with Crippen LogP contribution < -0.4 is 15.8 Å². The molecule has 2 aromatic rings. The van der Waals surface area contributed by atoms with Gasteiger partial charge in [0.15, 0.2) is 5.11 Å². The first-order chi connectivity index (χ1) is 12.6. The molecule has 0 saturated heterocycles. The maximum absolute atomic E-state index is 12.2. The van der Waals surface area contributed by atoms with Crippen LogP contribution in [0, 0.1) is 13.7 Å². The summed E-state index contributed by atoms with van der Waals surface area (Å²) < 4.78 is 23.1. The van der Waals surface area contributed by atoms with Gasteiger partial charge in [0.25, 0.3) is 11.6 Å². The Hall–Kier alpha value is -2.16. The van der Waals surface area contributed by atoms with E-state index in [0.717, 1.165) is 6.07 Å². The Morgan fingerprint density at radius 3 is 2.59 bits per heavy atom. The number of carbonyl (C=O) groups is 1. The molecule has 0 radical (unpaired) electrons. The lowest BCUT2D eigenvalue weighted by atomic mass is 10.2. The van der Waals surface area contributed by atoms with Gasteiger partial charge < -0.3 is 5.32 Å². The van der Waals surface area contributed by atoms with Crippen LogP contribution in [0.25, 0.3) is 0 Å². The van der Waals surface area contributed by atoms with E-state index in [1.165, 1.54) is 30.3 Å². The second-order valence-corrected chi connectivity index (χ2v) is 8.38. The second-order valence-electron chi connectivity index (χ2n) is 5.25. The fourth-order valence-electron chi connectivity index (χ4n) is 2.03. The van der Waals surface area contributed by atoms with Gasteiger partial charge in [-0.05, 0) is 64.6 Å². The van der Waals surface area contributed by atoms with Crippen molar-refractivity contribution in [2.24, 2.45) is 5.14 Å². The molecule has 0 fully saturated rings. The van der Waals surface area contributed by atoms with E-state index in [0.29, 0.717) is 9.13 Å². The van der Waals surface area contributed by atoms with Crippen molar-refractivity contribution >= 4 is 61.5 Å². The molecule has 0 spiro atoms. The minimum absolute atomic E-state index is 0.0118. The quantitative estimate of drug-likeness (QED) is 0.235. The number of primary sulfonamides is 1. The molecule has 0 saturated carbocycles. The van der Waals surface area contributed by atoms with Crippen LogP contribution in [0.15, 0.2) is 47.4 Å². The zero-order valence-corrected chi connectivity index (χ0v) is 17.3. The molecule has 0 heterocycles. The van der Waals surface area contributed by atoms with Crippen LogP contribution in [-0.2, 0) is 16.6 Å². The molecule has 0 aliphatic carbocycles. The highest BCUT2D eigenvalue weighted by Crippen LogP contribution is 2.21. The van der Waals surface area contributed by atoms with Crippen LogP contribution in [0.2, 0.25) is 0 Å². The van der Waals surface area contributed by atoms with E-state index in [1.807, 2.05) is 0 Å². The lowest BCUT2D eigenvalue weighted by Crippen LogP contribution is -2.38. The van der Waals surface area contributed by atoms with Crippen LogP contribution in [0.4, 0.5) is 5.69 Å². The number of hydrogen-bond donors (Lipinski definition) is 3. The minimum Gasteiger partial charge on any atom is -0.358 e. The van der Waals surface area contributed by atoms with Gasteiger partial charge in [-0.15, -0.1) is 0 Å². The average Bonchev–Trinajstić information content (AvgIpc) is 2.59. The van der Waals surface area contributed by atoms with Gasteiger partial charge in [-0.2, -0.15) is 0 Å². The van der Waals surface area contributed by atoms with Crippen molar-refractivity contribution in [2.45, 2.75) is 11.4 Å². The normalized spacial score (nSPS) is 10.9. The first-order valence-corrected chi connectivity index (χ1v) is 10.3. The van der Waals surface area contributed by atoms with Crippen LogP contribution in [0.5, 0.6) is 0 Å². The average molecular weight is 520 g/mol. The van der Waals surface area contributed by atoms with Gasteiger partial charge >= 0.3 is 0 Å². The van der Waals surface area contributed by atoms with Gasteiger partial charge in [-0.25, -0.2) is 13.6 Å². The molecule has 27 heavy (non-hydrogen) atoms. The first-order valence-electron chi connectivity index (χ1n) is 7.23. The number of benzene rings is 2. The Balaban J connectivity index is 2.01. The molecule has 0 aliphatic heterocycles. The molecule has 2 aromatic carbocycles. The molecule has 12 heteroatoms. The standard InChI is InChI=1S/C15H13IN4O5S2/c16-12-5-4-10(7-13(12)20(22)23)14(21)19-15(26)18-8-9-2-1-3-11(6-9)27(17,24)25/h1-7H,8H2,(H2,17,24,25)(H2,18,19,21,26). The summed E-state index contributed by atoms with van der Waals surface area (Å²) in [6.07, 6.45) is 0. The molecule has 0 aliphatic rings. The lowest BCUT2D eigenvalue weighted by Gasteiger charge is -2.10. The number of amides is 1. The molecule has 1 amide bonds. The Kier molecular flexibility index (Phi) is 6.80. The number of nitro groups is 1. The monoisotopic (exact) mass is 520 g/mol. The summed E-state index contributed by atoms with van der Waals surface area (Å²) in [6, 6.07) is 10.0. The zero-order valence-electron chi connectivity index (χ0n) is 13.5. The van der Waals surface area contributed by atoms with E-state index >= 15 is 0 Å². The highest BCUT2D eigenvalue weighted by atomic mass is 127. The third-order valence-electron chi connectivity index (χ3n) is 3.31. The summed E-state index contributed by atoms with van der Waals surface area (Å²) in [6.45, 7) is 0.148. The van der Waals surface area contributed by atoms with Crippen molar-refractivity contribution in [3.63, 3.8) is 0 Å². The van der Waals surface area contributed by atoms with E-state index in [1.54, 1.807) is 28.7 Å². The zero-order chi connectivity index (χ0) is 20.2.